The Kier molecular flexibility index (Phi) is 6.78. The van der Waals surface area contributed by atoms with Gasteiger partial charge in [-0.25, -0.2) is 0 Å². The summed E-state index contributed by atoms with van der Waals surface area (Å²) in [6.45, 7) is 2.56. The molecule has 0 atom stereocenters. The molecule has 0 saturated carbocycles. The smallest absolute Gasteiger partial charge is 0.255 e. The van der Waals surface area contributed by atoms with Crippen molar-refractivity contribution in [3.63, 3.8) is 0 Å². The van der Waals surface area contributed by atoms with Gasteiger partial charge in [-0.05, 0) is 30.3 Å². The molecule has 3 rings (SSSR count). The van der Waals surface area contributed by atoms with Gasteiger partial charge >= 0.3 is 0 Å². The van der Waals surface area contributed by atoms with E-state index in [9.17, 15) is 9.59 Å². The van der Waals surface area contributed by atoms with Gasteiger partial charge in [0.25, 0.3) is 5.91 Å². The number of ether oxygens (including phenoxy) is 1. The van der Waals surface area contributed by atoms with Crippen LogP contribution in [-0.2, 0) is 4.79 Å². The van der Waals surface area contributed by atoms with Crippen LogP contribution in [0.1, 0.15) is 10.4 Å². The lowest BCUT2D eigenvalue weighted by Gasteiger charge is -2.34. The van der Waals surface area contributed by atoms with Crippen molar-refractivity contribution >= 4 is 40.7 Å². The predicted octanol–water partition coefficient (Wildman–Crippen LogP) is 3.40. The number of nitrogens with zero attached hydrogens (tertiary/aromatic N) is 2. The molecule has 1 heterocycles. The molecule has 1 aliphatic heterocycles. The van der Waals surface area contributed by atoms with E-state index in [4.69, 9.17) is 27.9 Å². The Bertz CT molecular complexity index is 868. The van der Waals surface area contributed by atoms with Crippen LogP contribution in [0.3, 0.4) is 0 Å². The highest BCUT2D eigenvalue weighted by Gasteiger charge is 2.24. The minimum atomic E-state index is -0.123. The first-order valence-corrected chi connectivity index (χ1v) is 9.62. The van der Waals surface area contributed by atoms with Crippen molar-refractivity contribution in [1.82, 2.24) is 9.80 Å². The Balaban J connectivity index is 1.50. The number of halogens is 2. The van der Waals surface area contributed by atoms with Crippen molar-refractivity contribution in [1.29, 1.82) is 0 Å². The molecule has 0 bridgehead atoms. The summed E-state index contributed by atoms with van der Waals surface area (Å²) < 4.78 is 5.16. The maximum atomic E-state index is 12.7. The summed E-state index contributed by atoms with van der Waals surface area (Å²) in [6.07, 6.45) is 0. The van der Waals surface area contributed by atoms with Gasteiger partial charge in [0.05, 0.1) is 24.2 Å². The second kappa shape index (κ2) is 9.28. The zero-order chi connectivity index (χ0) is 20.1. The summed E-state index contributed by atoms with van der Waals surface area (Å²) in [6, 6.07) is 12.1. The lowest BCUT2D eigenvalue weighted by Crippen LogP contribution is -2.50. The fraction of sp³-hybridized carbons (Fsp3) is 0.300. The second-order valence-electron chi connectivity index (χ2n) is 6.47. The molecule has 6 nitrogen and oxygen atoms in total. The van der Waals surface area contributed by atoms with Crippen LogP contribution in [0.5, 0.6) is 5.75 Å². The first kappa shape index (κ1) is 20.5. The molecule has 0 radical (unpaired) electrons. The minimum absolute atomic E-state index is 0.103. The summed E-state index contributed by atoms with van der Waals surface area (Å²) >= 11 is 12.0. The first-order valence-electron chi connectivity index (χ1n) is 8.87. The summed E-state index contributed by atoms with van der Waals surface area (Å²) in [5.74, 6) is 0.460. The fourth-order valence-corrected chi connectivity index (χ4v) is 3.54. The number of benzene rings is 2. The Hall–Kier alpha value is -2.28. The van der Waals surface area contributed by atoms with E-state index < -0.39 is 0 Å². The zero-order valence-electron chi connectivity index (χ0n) is 15.5. The summed E-state index contributed by atoms with van der Waals surface area (Å²) in [7, 11) is 1.58. The molecule has 2 aromatic carbocycles. The highest BCUT2D eigenvalue weighted by atomic mass is 35.5. The largest absolute Gasteiger partial charge is 0.497 e. The molecule has 2 aromatic rings. The molecule has 0 unspecified atom stereocenters. The van der Waals surface area contributed by atoms with E-state index in [1.54, 1.807) is 36.3 Å². The lowest BCUT2D eigenvalue weighted by molar-refractivity contribution is -0.117. The van der Waals surface area contributed by atoms with Gasteiger partial charge in [0.15, 0.2) is 0 Å². The van der Waals surface area contributed by atoms with Crippen LogP contribution in [0.2, 0.25) is 10.0 Å². The van der Waals surface area contributed by atoms with Crippen LogP contribution in [0.4, 0.5) is 5.69 Å². The number of anilines is 1. The molecule has 148 valence electrons. The SMILES string of the molecule is COc1cccc(NC(=O)CN2CCN(C(=O)c3ccc(Cl)cc3Cl)CC2)c1. The highest BCUT2D eigenvalue weighted by Crippen LogP contribution is 2.23. The van der Waals surface area contributed by atoms with Crippen LogP contribution >= 0.6 is 23.2 Å². The van der Waals surface area contributed by atoms with E-state index in [1.807, 2.05) is 23.1 Å². The maximum absolute atomic E-state index is 12.7. The van der Waals surface area contributed by atoms with E-state index >= 15 is 0 Å². The molecule has 1 fully saturated rings. The zero-order valence-corrected chi connectivity index (χ0v) is 17.0. The number of carbonyl (C=O) groups is 2. The molecule has 1 saturated heterocycles. The quantitative estimate of drug-likeness (QED) is 0.803. The Morgan fingerprint density at radius 1 is 1.07 bits per heavy atom. The highest BCUT2D eigenvalue weighted by molar-refractivity contribution is 6.36. The summed E-state index contributed by atoms with van der Waals surface area (Å²) in [5.41, 5.74) is 1.13. The van der Waals surface area contributed by atoms with Crippen LogP contribution in [0.25, 0.3) is 0 Å². The topological polar surface area (TPSA) is 61.9 Å². The van der Waals surface area contributed by atoms with E-state index in [0.717, 1.165) is 0 Å². The molecular weight excluding hydrogens is 401 g/mol. The number of carbonyl (C=O) groups excluding carboxylic acids is 2. The van der Waals surface area contributed by atoms with E-state index in [-0.39, 0.29) is 18.4 Å². The van der Waals surface area contributed by atoms with Gasteiger partial charge in [-0.1, -0.05) is 29.3 Å². The number of amides is 2. The fourth-order valence-electron chi connectivity index (χ4n) is 3.05. The second-order valence-corrected chi connectivity index (χ2v) is 7.32. The summed E-state index contributed by atoms with van der Waals surface area (Å²) in [5, 5.41) is 3.70. The summed E-state index contributed by atoms with van der Waals surface area (Å²) in [4.78, 5) is 28.7. The van der Waals surface area contributed by atoms with E-state index in [0.29, 0.717) is 53.2 Å². The van der Waals surface area contributed by atoms with Crippen LogP contribution in [0, 0.1) is 0 Å². The van der Waals surface area contributed by atoms with Crippen molar-refractivity contribution < 1.29 is 14.3 Å². The van der Waals surface area contributed by atoms with E-state index in [1.165, 1.54) is 0 Å². The molecule has 0 spiro atoms. The number of methoxy groups -OCH3 is 1. The third kappa shape index (κ3) is 5.16. The van der Waals surface area contributed by atoms with Gasteiger partial charge < -0.3 is 15.0 Å². The maximum Gasteiger partial charge on any atom is 0.255 e. The number of hydrogen-bond acceptors (Lipinski definition) is 4. The van der Waals surface area contributed by atoms with Crippen LogP contribution in [0.15, 0.2) is 42.5 Å². The van der Waals surface area contributed by atoms with Crippen molar-refractivity contribution in [2.24, 2.45) is 0 Å². The van der Waals surface area contributed by atoms with Gasteiger partial charge in [0.2, 0.25) is 5.91 Å². The van der Waals surface area contributed by atoms with E-state index in [2.05, 4.69) is 5.32 Å². The molecular formula is C20H21Cl2N3O3. The average Bonchev–Trinajstić information content (AvgIpc) is 2.68. The van der Waals surface area contributed by atoms with Gasteiger partial charge in [-0.15, -0.1) is 0 Å². The van der Waals surface area contributed by atoms with Gasteiger partial charge in [0, 0.05) is 43.0 Å². The molecule has 0 aromatic heterocycles. The molecule has 1 N–H and O–H groups in total. The standard InChI is InChI=1S/C20H21Cl2N3O3/c1-28-16-4-2-3-15(12-16)23-19(26)13-24-7-9-25(10-8-24)20(27)17-6-5-14(21)11-18(17)22/h2-6,11-12H,7-10,13H2,1H3,(H,23,26). The molecule has 8 heteroatoms. The lowest BCUT2D eigenvalue weighted by atomic mass is 10.1. The van der Waals surface area contributed by atoms with Crippen LogP contribution < -0.4 is 10.1 Å². The number of nitrogens with one attached hydrogen (secondary N) is 1. The van der Waals surface area contributed by atoms with Crippen molar-refractivity contribution in [3.05, 3.63) is 58.1 Å². The third-order valence-electron chi connectivity index (χ3n) is 4.54. The Morgan fingerprint density at radius 3 is 2.50 bits per heavy atom. The first-order chi connectivity index (χ1) is 13.5. The van der Waals surface area contributed by atoms with Crippen molar-refractivity contribution in [2.75, 3.05) is 45.2 Å². The van der Waals surface area contributed by atoms with Gasteiger partial charge in [-0.3, -0.25) is 14.5 Å². The van der Waals surface area contributed by atoms with Crippen molar-refractivity contribution in [3.8, 4) is 5.75 Å². The predicted molar refractivity (Wildman–Crippen MR) is 110 cm³/mol. The van der Waals surface area contributed by atoms with Crippen molar-refractivity contribution in [2.45, 2.75) is 0 Å². The number of rotatable bonds is 5. The molecule has 2 amide bonds. The number of piperazine rings is 1. The Labute approximate surface area is 174 Å². The Morgan fingerprint density at radius 2 is 1.82 bits per heavy atom. The van der Waals surface area contributed by atoms with Crippen LogP contribution in [-0.4, -0.2) is 61.4 Å². The minimum Gasteiger partial charge on any atom is -0.497 e. The molecule has 28 heavy (non-hydrogen) atoms. The normalized spacial score (nSPS) is 14.6. The van der Waals surface area contributed by atoms with Gasteiger partial charge in [-0.2, -0.15) is 0 Å². The molecule has 0 aliphatic carbocycles. The average molecular weight is 422 g/mol. The molecule has 1 aliphatic rings. The monoisotopic (exact) mass is 421 g/mol. The van der Waals surface area contributed by atoms with Gasteiger partial charge in [0.1, 0.15) is 5.75 Å². The number of hydrogen-bond donors (Lipinski definition) is 1. The third-order valence-corrected chi connectivity index (χ3v) is 5.09.